The van der Waals surface area contributed by atoms with Gasteiger partial charge in [0.1, 0.15) is 0 Å². The van der Waals surface area contributed by atoms with Crippen LogP contribution in [0.1, 0.15) is 26.7 Å². The quantitative estimate of drug-likeness (QED) is 0.807. The lowest BCUT2D eigenvalue weighted by Crippen LogP contribution is -2.52. The topological polar surface area (TPSA) is 72.2 Å². The summed E-state index contributed by atoms with van der Waals surface area (Å²) in [5.41, 5.74) is 5.14. The monoisotopic (exact) mass is 370 g/mol. The summed E-state index contributed by atoms with van der Waals surface area (Å²) in [6.07, 6.45) is 1.32. The maximum atomic E-state index is 12.3. The third-order valence-corrected chi connectivity index (χ3v) is 5.27. The smallest absolute Gasteiger partial charge is 0.241 e. The molecule has 0 heterocycles. The summed E-state index contributed by atoms with van der Waals surface area (Å²) in [4.78, 5) is 0.247. The van der Waals surface area contributed by atoms with E-state index in [1.807, 2.05) is 13.8 Å². The molecule has 0 aliphatic heterocycles. The number of nitrogens with two attached hydrogens (primary N) is 1. The highest BCUT2D eigenvalue weighted by Crippen LogP contribution is 2.20. The van der Waals surface area contributed by atoms with Gasteiger partial charge in [-0.3, -0.25) is 0 Å². The molecule has 1 aromatic rings. The van der Waals surface area contributed by atoms with Crippen LogP contribution >= 0.6 is 28.3 Å². The van der Waals surface area contributed by atoms with Crippen LogP contribution in [0.2, 0.25) is 0 Å². The van der Waals surface area contributed by atoms with Gasteiger partial charge in [0.05, 0.1) is 4.90 Å². The summed E-state index contributed by atoms with van der Waals surface area (Å²) in [5.74, 6) is 0. The van der Waals surface area contributed by atoms with Gasteiger partial charge in [-0.05, 0) is 31.0 Å². The van der Waals surface area contributed by atoms with E-state index >= 15 is 0 Å². The summed E-state index contributed by atoms with van der Waals surface area (Å²) >= 11 is 3.27. The molecule has 0 unspecified atom stereocenters. The Balaban J connectivity index is 0.00000324. The summed E-state index contributed by atoms with van der Waals surface area (Å²) in [7, 11) is -3.54. The minimum absolute atomic E-state index is 0. The predicted molar refractivity (Wildman–Crippen MR) is 84.1 cm³/mol. The van der Waals surface area contributed by atoms with Gasteiger partial charge in [0.2, 0.25) is 10.0 Å². The fourth-order valence-electron chi connectivity index (χ4n) is 1.70. The van der Waals surface area contributed by atoms with Gasteiger partial charge in [-0.1, -0.05) is 35.8 Å². The van der Waals surface area contributed by atoms with Crippen molar-refractivity contribution in [2.75, 3.05) is 6.54 Å². The first-order valence-corrected chi connectivity index (χ1v) is 8.16. The molecule has 0 spiro atoms. The Morgan fingerprint density at radius 3 is 2.32 bits per heavy atom. The zero-order valence-electron chi connectivity index (χ0n) is 11.0. The van der Waals surface area contributed by atoms with E-state index < -0.39 is 15.6 Å². The van der Waals surface area contributed by atoms with Crippen molar-refractivity contribution >= 4 is 38.4 Å². The van der Waals surface area contributed by atoms with Crippen molar-refractivity contribution in [2.24, 2.45) is 5.73 Å². The number of halogens is 2. The van der Waals surface area contributed by atoms with Crippen molar-refractivity contribution in [1.82, 2.24) is 4.72 Å². The largest absolute Gasteiger partial charge is 0.329 e. The molecule has 19 heavy (non-hydrogen) atoms. The molecule has 0 amide bonds. The number of benzene rings is 1. The van der Waals surface area contributed by atoms with Crippen LogP contribution in [-0.2, 0) is 10.0 Å². The first-order valence-electron chi connectivity index (χ1n) is 5.89. The van der Waals surface area contributed by atoms with Crippen molar-refractivity contribution in [3.8, 4) is 0 Å². The lowest BCUT2D eigenvalue weighted by Gasteiger charge is -2.31. The van der Waals surface area contributed by atoms with Crippen molar-refractivity contribution in [3.05, 3.63) is 28.7 Å². The van der Waals surface area contributed by atoms with Crippen LogP contribution in [0.25, 0.3) is 0 Å². The Labute approximate surface area is 129 Å². The molecule has 0 saturated carbocycles. The van der Waals surface area contributed by atoms with Crippen molar-refractivity contribution in [2.45, 2.75) is 37.1 Å². The molecule has 0 bridgehead atoms. The molecule has 0 radical (unpaired) electrons. The van der Waals surface area contributed by atoms with Gasteiger partial charge in [-0.2, -0.15) is 0 Å². The van der Waals surface area contributed by atoms with E-state index in [-0.39, 0.29) is 23.8 Å². The van der Waals surface area contributed by atoms with Crippen LogP contribution < -0.4 is 10.5 Å². The second kappa shape index (κ2) is 7.59. The van der Waals surface area contributed by atoms with E-state index in [0.717, 1.165) is 4.47 Å². The zero-order chi connectivity index (χ0) is 13.8. The van der Waals surface area contributed by atoms with Gasteiger partial charge in [0.15, 0.2) is 0 Å². The Morgan fingerprint density at radius 2 is 1.89 bits per heavy atom. The molecule has 0 saturated heterocycles. The molecule has 1 rings (SSSR count). The van der Waals surface area contributed by atoms with E-state index in [9.17, 15) is 8.42 Å². The molecule has 0 aliphatic rings. The molecule has 1 aromatic carbocycles. The van der Waals surface area contributed by atoms with Crippen molar-refractivity contribution < 1.29 is 8.42 Å². The van der Waals surface area contributed by atoms with Crippen LogP contribution in [0.5, 0.6) is 0 Å². The highest BCUT2D eigenvalue weighted by molar-refractivity contribution is 9.10. The lowest BCUT2D eigenvalue weighted by molar-refractivity contribution is 0.363. The molecule has 0 fully saturated rings. The van der Waals surface area contributed by atoms with Crippen molar-refractivity contribution in [1.29, 1.82) is 0 Å². The van der Waals surface area contributed by atoms with Gasteiger partial charge in [-0.25, -0.2) is 13.1 Å². The summed E-state index contributed by atoms with van der Waals surface area (Å²) < 4.78 is 28.0. The standard InChI is InChI=1S/C12H19BrN2O2S.ClH/c1-3-12(4-2,9-14)15-18(16,17)11-7-5-6-10(13)8-11;/h5-8,15H,3-4,9,14H2,1-2H3;1H. The summed E-state index contributed by atoms with van der Waals surface area (Å²) in [6, 6.07) is 6.63. The van der Waals surface area contributed by atoms with Crippen LogP contribution in [0, 0.1) is 0 Å². The van der Waals surface area contributed by atoms with Crippen LogP contribution in [0.15, 0.2) is 33.6 Å². The van der Waals surface area contributed by atoms with Gasteiger partial charge >= 0.3 is 0 Å². The highest BCUT2D eigenvalue weighted by atomic mass is 79.9. The van der Waals surface area contributed by atoms with E-state index in [4.69, 9.17) is 5.73 Å². The molecule has 110 valence electrons. The second-order valence-electron chi connectivity index (χ2n) is 4.25. The number of hydrogen-bond donors (Lipinski definition) is 2. The SMILES string of the molecule is CCC(CC)(CN)NS(=O)(=O)c1cccc(Br)c1.Cl. The summed E-state index contributed by atoms with van der Waals surface area (Å²) in [5, 5.41) is 0. The number of rotatable bonds is 6. The van der Waals surface area contributed by atoms with Crippen LogP contribution in [-0.4, -0.2) is 20.5 Å². The van der Waals surface area contributed by atoms with E-state index in [0.29, 0.717) is 12.8 Å². The third-order valence-electron chi connectivity index (χ3n) is 3.20. The number of hydrogen-bond acceptors (Lipinski definition) is 3. The molecular formula is C12H20BrClN2O2S. The summed E-state index contributed by atoms with van der Waals surface area (Å²) in [6.45, 7) is 4.15. The van der Waals surface area contributed by atoms with E-state index in [2.05, 4.69) is 20.7 Å². The minimum Gasteiger partial charge on any atom is -0.329 e. The highest BCUT2D eigenvalue weighted by Gasteiger charge is 2.30. The minimum atomic E-state index is -3.54. The molecule has 0 aliphatic carbocycles. The average Bonchev–Trinajstić information content (AvgIpc) is 2.36. The fourth-order valence-corrected chi connectivity index (χ4v) is 3.85. The maximum absolute atomic E-state index is 12.3. The van der Waals surface area contributed by atoms with Gasteiger partial charge in [0, 0.05) is 16.6 Å². The Kier molecular flexibility index (Phi) is 7.54. The van der Waals surface area contributed by atoms with E-state index in [1.165, 1.54) is 0 Å². The Morgan fingerprint density at radius 1 is 1.32 bits per heavy atom. The Bertz CT molecular complexity index is 496. The van der Waals surface area contributed by atoms with Gasteiger partial charge in [-0.15, -0.1) is 12.4 Å². The van der Waals surface area contributed by atoms with Gasteiger partial charge < -0.3 is 5.73 Å². The molecule has 4 nitrogen and oxygen atoms in total. The zero-order valence-corrected chi connectivity index (χ0v) is 14.2. The average molecular weight is 372 g/mol. The maximum Gasteiger partial charge on any atom is 0.241 e. The van der Waals surface area contributed by atoms with Gasteiger partial charge in [0.25, 0.3) is 0 Å². The normalized spacial score (nSPS) is 12.0. The Hall–Kier alpha value is -0.140. The molecular weight excluding hydrogens is 352 g/mol. The first kappa shape index (κ1) is 18.9. The number of sulfonamides is 1. The molecule has 3 N–H and O–H groups in total. The molecule has 0 atom stereocenters. The third kappa shape index (κ3) is 4.72. The van der Waals surface area contributed by atoms with Crippen molar-refractivity contribution in [3.63, 3.8) is 0 Å². The van der Waals surface area contributed by atoms with Crippen LogP contribution in [0.4, 0.5) is 0 Å². The molecule has 7 heteroatoms. The first-order chi connectivity index (χ1) is 8.39. The second-order valence-corrected chi connectivity index (χ2v) is 6.85. The number of nitrogens with one attached hydrogen (secondary N) is 1. The molecule has 0 aromatic heterocycles. The van der Waals surface area contributed by atoms with Crippen LogP contribution in [0.3, 0.4) is 0 Å². The van der Waals surface area contributed by atoms with E-state index in [1.54, 1.807) is 24.3 Å². The predicted octanol–water partition coefficient (Wildman–Crippen LogP) is 2.67. The fraction of sp³-hybridized carbons (Fsp3) is 0.500. The lowest BCUT2D eigenvalue weighted by atomic mass is 9.95.